The number of rotatable bonds is 6. The third-order valence-corrected chi connectivity index (χ3v) is 9.78. The van der Waals surface area contributed by atoms with E-state index in [0.717, 1.165) is 36.1 Å². The second-order valence-corrected chi connectivity index (χ2v) is 13.1. The van der Waals surface area contributed by atoms with Crippen molar-refractivity contribution >= 4 is 21.4 Å². The highest BCUT2D eigenvalue weighted by atomic mass is 32.2. The minimum atomic E-state index is -3.04. The van der Waals surface area contributed by atoms with Crippen molar-refractivity contribution < 1.29 is 17.6 Å². The van der Waals surface area contributed by atoms with Crippen LogP contribution in [0.5, 0.6) is 0 Å². The Bertz CT molecular complexity index is 1510. The second-order valence-electron chi connectivity index (χ2n) is 10.8. The molecule has 0 spiro atoms. The van der Waals surface area contributed by atoms with E-state index in [0.29, 0.717) is 49.7 Å². The molecular weight excluding hydrogens is 514 g/mol. The van der Waals surface area contributed by atoms with E-state index in [9.17, 15) is 18.5 Å². The quantitative estimate of drug-likeness (QED) is 0.490. The van der Waals surface area contributed by atoms with E-state index in [1.165, 1.54) is 0 Å². The molecule has 9 nitrogen and oxygen atoms in total. The standard InChI is InChI=1S/C29H31N5O4S/c30-19-29(11-12-29)33-27(35)22-8-2-1-7-21(22)26-25(32-28(38-26)20-6-5-13-31-18-20)23-9-3-4-10-24(23)34-14-16-39(36,37)17-15-34/h3-6,9-10,13,18,21-22H,1-2,7-8,11-12,14-17H2,(H,33,35)/t21-,22-/m1/s1. The monoisotopic (exact) mass is 545 g/mol. The Balaban J connectivity index is 1.43. The SMILES string of the molecule is N#CC1(NC(=O)[C@@H]2CCCC[C@H]2c2oc(-c3cccnc3)nc2-c2ccccc2N2CCS(=O)(=O)CC2)CC1. The Morgan fingerprint density at radius 2 is 1.87 bits per heavy atom. The van der Waals surface area contributed by atoms with Crippen LogP contribution < -0.4 is 10.2 Å². The van der Waals surface area contributed by atoms with Crippen molar-refractivity contribution in [2.75, 3.05) is 29.5 Å². The number of nitrogens with one attached hydrogen (secondary N) is 1. The average molecular weight is 546 g/mol. The Kier molecular flexibility index (Phi) is 6.63. The van der Waals surface area contributed by atoms with E-state index >= 15 is 0 Å². The molecule has 3 aliphatic rings. The molecule has 39 heavy (non-hydrogen) atoms. The molecule has 2 saturated carbocycles. The lowest BCUT2D eigenvalue weighted by Crippen LogP contribution is -2.42. The molecule has 1 amide bonds. The molecule has 2 aromatic heterocycles. The van der Waals surface area contributed by atoms with Gasteiger partial charge in [-0.3, -0.25) is 9.78 Å². The molecule has 1 aliphatic heterocycles. The maximum absolute atomic E-state index is 13.5. The third kappa shape index (κ3) is 5.15. The van der Waals surface area contributed by atoms with Crippen LogP contribution in [0.2, 0.25) is 0 Å². The highest BCUT2D eigenvalue weighted by molar-refractivity contribution is 7.91. The molecule has 3 fully saturated rings. The van der Waals surface area contributed by atoms with Gasteiger partial charge in [0.25, 0.3) is 0 Å². The molecular formula is C29H31N5O4S. The number of sulfone groups is 1. The van der Waals surface area contributed by atoms with Crippen LogP contribution in [0.1, 0.15) is 50.2 Å². The molecule has 3 aromatic rings. The lowest BCUT2D eigenvalue weighted by atomic mass is 9.76. The number of hydrogen-bond donors (Lipinski definition) is 1. The van der Waals surface area contributed by atoms with E-state index < -0.39 is 15.4 Å². The van der Waals surface area contributed by atoms with Crippen molar-refractivity contribution in [3.8, 4) is 28.8 Å². The van der Waals surface area contributed by atoms with Crippen molar-refractivity contribution in [1.29, 1.82) is 5.26 Å². The van der Waals surface area contributed by atoms with Crippen LogP contribution in [-0.4, -0.2) is 54.4 Å². The minimum absolute atomic E-state index is 0.0986. The molecule has 10 heteroatoms. The molecule has 202 valence electrons. The van der Waals surface area contributed by atoms with Crippen molar-refractivity contribution in [3.05, 3.63) is 54.6 Å². The highest BCUT2D eigenvalue weighted by Gasteiger charge is 2.47. The lowest BCUT2D eigenvalue weighted by Gasteiger charge is -2.32. The van der Waals surface area contributed by atoms with Crippen molar-refractivity contribution in [3.63, 3.8) is 0 Å². The lowest BCUT2D eigenvalue weighted by molar-refractivity contribution is -0.127. The number of anilines is 1. The summed E-state index contributed by atoms with van der Waals surface area (Å²) in [6.07, 6.45) is 8.16. The minimum Gasteiger partial charge on any atom is -0.440 e. The summed E-state index contributed by atoms with van der Waals surface area (Å²) in [6, 6.07) is 13.8. The zero-order valence-electron chi connectivity index (χ0n) is 21.7. The van der Waals surface area contributed by atoms with Gasteiger partial charge in [0, 0.05) is 48.6 Å². The van der Waals surface area contributed by atoms with Crippen LogP contribution in [0.3, 0.4) is 0 Å². The number of nitrogens with zero attached hydrogens (tertiary/aromatic N) is 4. The van der Waals surface area contributed by atoms with Crippen LogP contribution in [0.4, 0.5) is 5.69 Å². The molecule has 1 aromatic carbocycles. The number of carbonyl (C=O) groups excluding carboxylic acids is 1. The van der Waals surface area contributed by atoms with Gasteiger partial charge in [-0.2, -0.15) is 5.26 Å². The van der Waals surface area contributed by atoms with E-state index in [2.05, 4.69) is 21.3 Å². The summed E-state index contributed by atoms with van der Waals surface area (Å²) in [7, 11) is -3.04. The Morgan fingerprint density at radius 3 is 2.59 bits per heavy atom. The molecule has 1 N–H and O–H groups in total. The van der Waals surface area contributed by atoms with Gasteiger partial charge >= 0.3 is 0 Å². The Morgan fingerprint density at radius 1 is 1.10 bits per heavy atom. The van der Waals surface area contributed by atoms with Gasteiger partial charge in [0.1, 0.15) is 17.0 Å². The summed E-state index contributed by atoms with van der Waals surface area (Å²) in [5, 5.41) is 12.6. The van der Waals surface area contributed by atoms with Gasteiger partial charge in [0.05, 0.1) is 23.1 Å². The number of para-hydroxylation sites is 1. The zero-order valence-corrected chi connectivity index (χ0v) is 22.5. The first-order valence-electron chi connectivity index (χ1n) is 13.6. The van der Waals surface area contributed by atoms with Crippen LogP contribution in [0.15, 0.2) is 53.2 Å². The fourth-order valence-corrected chi connectivity index (χ4v) is 6.97. The predicted octanol–water partition coefficient (Wildman–Crippen LogP) is 4.08. The molecule has 3 heterocycles. The van der Waals surface area contributed by atoms with Crippen LogP contribution in [-0.2, 0) is 14.6 Å². The smallest absolute Gasteiger partial charge is 0.228 e. The number of carbonyl (C=O) groups is 1. The first kappa shape index (κ1) is 25.6. The number of hydrogen-bond acceptors (Lipinski definition) is 8. The predicted molar refractivity (Wildman–Crippen MR) is 146 cm³/mol. The zero-order chi connectivity index (χ0) is 27.0. The first-order valence-corrected chi connectivity index (χ1v) is 15.4. The number of amides is 1. The number of oxazole rings is 1. The summed E-state index contributed by atoms with van der Waals surface area (Å²) in [6.45, 7) is 0.819. The Labute approximate surface area is 228 Å². The second kappa shape index (κ2) is 10.1. The average Bonchev–Trinajstić information content (AvgIpc) is 3.60. The van der Waals surface area contributed by atoms with Crippen LogP contribution in [0, 0.1) is 17.2 Å². The molecule has 1 saturated heterocycles. The van der Waals surface area contributed by atoms with Gasteiger partial charge in [-0.25, -0.2) is 13.4 Å². The molecule has 0 bridgehead atoms. The largest absolute Gasteiger partial charge is 0.440 e. The fraction of sp³-hybridized carbons (Fsp3) is 0.448. The van der Waals surface area contributed by atoms with Gasteiger partial charge in [-0.05, 0) is 43.9 Å². The summed E-state index contributed by atoms with van der Waals surface area (Å²) in [5.74, 6) is 0.691. The van der Waals surface area contributed by atoms with E-state index in [4.69, 9.17) is 9.40 Å². The molecule has 0 unspecified atom stereocenters. The Hall–Kier alpha value is -3.71. The fourth-order valence-electron chi connectivity index (χ4n) is 5.77. The maximum Gasteiger partial charge on any atom is 0.228 e. The highest BCUT2D eigenvalue weighted by Crippen LogP contribution is 2.46. The maximum atomic E-state index is 13.5. The molecule has 0 radical (unpaired) electrons. The summed E-state index contributed by atoms with van der Waals surface area (Å²) < 4.78 is 30.7. The normalized spacial score (nSPS) is 23.5. The number of benzene rings is 1. The van der Waals surface area contributed by atoms with E-state index in [1.54, 1.807) is 12.4 Å². The molecule has 2 atom stereocenters. The number of pyridine rings is 1. The van der Waals surface area contributed by atoms with Gasteiger partial charge < -0.3 is 14.6 Å². The molecule has 2 aliphatic carbocycles. The summed E-state index contributed by atoms with van der Waals surface area (Å²) in [5.41, 5.74) is 2.43. The summed E-state index contributed by atoms with van der Waals surface area (Å²) >= 11 is 0. The van der Waals surface area contributed by atoms with Crippen molar-refractivity contribution in [2.45, 2.75) is 50.0 Å². The van der Waals surface area contributed by atoms with Crippen LogP contribution >= 0.6 is 0 Å². The van der Waals surface area contributed by atoms with Crippen LogP contribution in [0.25, 0.3) is 22.7 Å². The topological polar surface area (TPSA) is 129 Å². The molecule has 6 rings (SSSR count). The van der Waals surface area contributed by atoms with Gasteiger partial charge in [-0.1, -0.05) is 31.0 Å². The van der Waals surface area contributed by atoms with E-state index in [-0.39, 0.29) is 29.2 Å². The summed E-state index contributed by atoms with van der Waals surface area (Å²) in [4.78, 5) is 24.8. The van der Waals surface area contributed by atoms with Gasteiger partial charge in [-0.15, -0.1) is 0 Å². The van der Waals surface area contributed by atoms with E-state index in [1.807, 2.05) is 36.4 Å². The van der Waals surface area contributed by atoms with Crippen molar-refractivity contribution in [1.82, 2.24) is 15.3 Å². The third-order valence-electron chi connectivity index (χ3n) is 8.17. The first-order chi connectivity index (χ1) is 18.9. The number of nitriles is 1. The number of aromatic nitrogens is 2. The van der Waals surface area contributed by atoms with Crippen molar-refractivity contribution in [2.24, 2.45) is 5.92 Å². The van der Waals surface area contributed by atoms with Gasteiger partial charge in [0.15, 0.2) is 9.84 Å². The van der Waals surface area contributed by atoms with Gasteiger partial charge in [0.2, 0.25) is 11.8 Å².